The Bertz CT molecular complexity index is 608. The van der Waals surface area contributed by atoms with E-state index in [9.17, 15) is 4.79 Å². The first-order valence-electron chi connectivity index (χ1n) is 8.88. The minimum Gasteiger partial charge on any atom is -0.377 e. The van der Waals surface area contributed by atoms with Crippen LogP contribution in [0.5, 0.6) is 0 Å². The number of hydrogen-bond donors (Lipinski definition) is 0. The van der Waals surface area contributed by atoms with Crippen molar-refractivity contribution in [3.05, 3.63) is 22.7 Å². The molecule has 0 bridgehead atoms. The number of amides is 1. The number of rotatable bonds is 2. The van der Waals surface area contributed by atoms with Crippen LogP contribution in [0.4, 0.5) is 0 Å². The van der Waals surface area contributed by atoms with Crippen molar-refractivity contribution in [1.29, 1.82) is 0 Å². The third-order valence-corrected chi connectivity index (χ3v) is 6.38. The van der Waals surface area contributed by atoms with E-state index >= 15 is 0 Å². The summed E-state index contributed by atoms with van der Waals surface area (Å²) in [7, 11) is 0. The lowest BCUT2D eigenvalue weighted by atomic mass is 9.78. The average molecular weight is 332 g/mol. The maximum absolute atomic E-state index is 13.0. The molecular formula is C18H24N2O2S. The Balaban J connectivity index is 1.52. The van der Waals surface area contributed by atoms with Gasteiger partial charge in [0.15, 0.2) is 0 Å². The van der Waals surface area contributed by atoms with Gasteiger partial charge in [0.2, 0.25) is 0 Å². The first kappa shape index (κ1) is 15.3. The summed E-state index contributed by atoms with van der Waals surface area (Å²) >= 11 is 1.46. The van der Waals surface area contributed by atoms with Crippen LogP contribution in [0.3, 0.4) is 0 Å². The lowest BCUT2D eigenvalue weighted by molar-refractivity contribution is 0.0386. The highest BCUT2D eigenvalue weighted by Crippen LogP contribution is 2.36. The molecule has 1 aromatic rings. The largest absolute Gasteiger partial charge is 0.377 e. The molecular weight excluding hydrogens is 308 g/mol. The van der Waals surface area contributed by atoms with E-state index in [0.29, 0.717) is 18.3 Å². The number of ether oxygens (including phenoxy) is 1. The Morgan fingerprint density at radius 1 is 1.26 bits per heavy atom. The number of carbonyl (C=O) groups excluding carboxylic acids is 1. The highest BCUT2D eigenvalue weighted by Gasteiger charge is 2.36. The van der Waals surface area contributed by atoms with Gasteiger partial charge >= 0.3 is 0 Å². The Morgan fingerprint density at radius 3 is 3.00 bits per heavy atom. The Kier molecular flexibility index (Phi) is 4.49. The smallest absolute Gasteiger partial charge is 0.273 e. The van der Waals surface area contributed by atoms with E-state index in [2.05, 4.69) is 15.3 Å². The fourth-order valence-electron chi connectivity index (χ4n) is 4.30. The molecule has 1 aromatic heterocycles. The van der Waals surface area contributed by atoms with Crippen molar-refractivity contribution in [3.8, 4) is 0 Å². The molecule has 2 fully saturated rings. The van der Waals surface area contributed by atoms with Gasteiger partial charge in [0.05, 0.1) is 18.1 Å². The Morgan fingerprint density at radius 2 is 2.13 bits per heavy atom. The van der Waals surface area contributed by atoms with Crippen LogP contribution >= 0.6 is 11.5 Å². The van der Waals surface area contributed by atoms with Gasteiger partial charge < -0.3 is 9.64 Å². The zero-order valence-electron chi connectivity index (χ0n) is 13.5. The summed E-state index contributed by atoms with van der Waals surface area (Å²) in [6.45, 7) is 2.35. The molecule has 3 aliphatic rings. The fourth-order valence-corrected chi connectivity index (χ4v) is 5.10. The highest BCUT2D eigenvalue weighted by atomic mass is 32.1. The topological polar surface area (TPSA) is 42.4 Å². The molecule has 0 N–H and O–H groups in total. The van der Waals surface area contributed by atoms with Crippen molar-refractivity contribution in [1.82, 2.24) is 9.27 Å². The monoisotopic (exact) mass is 332 g/mol. The van der Waals surface area contributed by atoms with Gasteiger partial charge in [0.1, 0.15) is 5.69 Å². The summed E-state index contributed by atoms with van der Waals surface area (Å²) in [5, 5.41) is 0. The molecule has 124 valence electrons. The number of carbonyl (C=O) groups is 1. The molecule has 1 amide bonds. The van der Waals surface area contributed by atoms with E-state index in [-0.39, 0.29) is 5.91 Å². The quantitative estimate of drug-likeness (QED) is 0.828. The minimum absolute atomic E-state index is 0.150. The summed E-state index contributed by atoms with van der Waals surface area (Å²) in [4.78, 5) is 16.2. The van der Waals surface area contributed by atoms with E-state index < -0.39 is 0 Å². The van der Waals surface area contributed by atoms with Crippen molar-refractivity contribution >= 4 is 23.0 Å². The van der Waals surface area contributed by atoms with Crippen LogP contribution in [0.25, 0.3) is 5.57 Å². The van der Waals surface area contributed by atoms with Gasteiger partial charge in [-0.2, -0.15) is 4.37 Å². The minimum atomic E-state index is 0.150. The average Bonchev–Trinajstić information content (AvgIpc) is 3.11. The van der Waals surface area contributed by atoms with Crippen molar-refractivity contribution in [2.45, 2.75) is 51.0 Å². The third kappa shape index (κ3) is 3.09. The first-order valence-corrected chi connectivity index (χ1v) is 9.65. The van der Waals surface area contributed by atoms with Gasteiger partial charge in [0.25, 0.3) is 5.91 Å². The van der Waals surface area contributed by atoms with E-state index in [0.717, 1.165) is 36.8 Å². The van der Waals surface area contributed by atoms with Gasteiger partial charge in [-0.3, -0.25) is 4.79 Å². The van der Waals surface area contributed by atoms with Crippen LogP contribution in [0.2, 0.25) is 0 Å². The summed E-state index contributed by atoms with van der Waals surface area (Å²) in [5.74, 6) is 0.870. The maximum Gasteiger partial charge on any atom is 0.273 e. The molecule has 0 aromatic carbocycles. The highest BCUT2D eigenvalue weighted by molar-refractivity contribution is 7.07. The molecule has 4 rings (SSSR count). The molecule has 4 nitrogen and oxygen atoms in total. The molecule has 2 aliphatic heterocycles. The number of likely N-dealkylation sites (tertiary alicyclic amines) is 1. The number of hydrogen-bond acceptors (Lipinski definition) is 4. The molecule has 0 radical (unpaired) electrons. The summed E-state index contributed by atoms with van der Waals surface area (Å²) in [6.07, 6.45) is 10.5. The predicted octanol–water partition coefficient (Wildman–Crippen LogP) is 3.74. The van der Waals surface area contributed by atoms with Crippen LogP contribution in [-0.2, 0) is 4.74 Å². The van der Waals surface area contributed by atoms with E-state index in [1.165, 1.54) is 49.2 Å². The second kappa shape index (κ2) is 6.73. The number of fused-ring (bicyclic) bond motifs is 1. The molecule has 3 heterocycles. The van der Waals surface area contributed by atoms with E-state index in [1.807, 2.05) is 6.07 Å². The van der Waals surface area contributed by atoms with Crippen molar-refractivity contribution < 1.29 is 9.53 Å². The fraction of sp³-hybridized carbons (Fsp3) is 0.667. The second-order valence-electron chi connectivity index (χ2n) is 6.88. The number of aromatic nitrogens is 1. The van der Waals surface area contributed by atoms with E-state index in [1.54, 1.807) is 0 Å². The van der Waals surface area contributed by atoms with Gasteiger partial charge in [0, 0.05) is 12.6 Å². The molecule has 1 aliphatic carbocycles. The molecule has 0 spiro atoms. The van der Waals surface area contributed by atoms with Gasteiger partial charge in [-0.15, -0.1) is 0 Å². The zero-order valence-corrected chi connectivity index (χ0v) is 14.3. The standard InChI is InChI=1S/C18H24N2O2S/c21-18(20-9-3-5-13-4-1-2-6-16(13)20)15-12-17(23-19-15)14-7-10-22-11-8-14/h7,12-13,16H,1-6,8-11H2/t13-,16-/m0/s1. The molecule has 23 heavy (non-hydrogen) atoms. The predicted molar refractivity (Wildman–Crippen MR) is 91.5 cm³/mol. The zero-order chi connectivity index (χ0) is 15.6. The lowest BCUT2D eigenvalue weighted by Gasteiger charge is -2.43. The van der Waals surface area contributed by atoms with Crippen LogP contribution < -0.4 is 0 Å². The second-order valence-corrected chi connectivity index (χ2v) is 7.69. The number of piperidine rings is 1. The van der Waals surface area contributed by atoms with Crippen LogP contribution in [0.15, 0.2) is 12.1 Å². The summed E-state index contributed by atoms with van der Waals surface area (Å²) in [5.41, 5.74) is 1.92. The molecule has 5 heteroatoms. The summed E-state index contributed by atoms with van der Waals surface area (Å²) < 4.78 is 9.84. The maximum atomic E-state index is 13.0. The van der Waals surface area contributed by atoms with E-state index in [4.69, 9.17) is 4.74 Å². The lowest BCUT2D eigenvalue weighted by Crippen LogP contribution is -2.49. The number of nitrogens with zero attached hydrogens (tertiary/aromatic N) is 2. The Labute approximate surface area is 141 Å². The summed E-state index contributed by atoms with van der Waals surface area (Å²) in [6, 6.07) is 2.45. The molecule has 2 atom stereocenters. The first-order chi connectivity index (χ1) is 11.3. The van der Waals surface area contributed by atoms with Gasteiger partial charge in [-0.1, -0.05) is 18.9 Å². The van der Waals surface area contributed by atoms with Crippen molar-refractivity contribution in [3.63, 3.8) is 0 Å². The van der Waals surface area contributed by atoms with Crippen LogP contribution in [0, 0.1) is 5.92 Å². The molecule has 1 saturated carbocycles. The van der Waals surface area contributed by atoms with Crippen LogP contribution in [-0.4, -0.2) is 41.0 Å². The van der Waals surface area contributed by atoms with Crippen molar-refractivity contribution in [2.24, 2.45) is 5.92 Å². The van der Waals surface area contributed by atoms with Gasteiger partial charge in [-0.25, -0.2) is 0 Å². The SMILES string of the molecule is O=C(c1cc(C2=CCOCC2)sn1)N1CCC[C@@H]2CCCC[C@@H]21. The Hall–Kier alpha value is -1.20. The van der Waals surface area contributed by atoms with Crippen LogP contribution in [0.1, 0.15) is 60.3 Å². The molecule has 0 unspecified atom stereocenters. The third-order valence-electron chi connectivity index (χ3n) is 5.51. The normalized spacial score (nSPS) is 28.2. The van der Waals surface area contributed by atoms with Crippen molar-refractivity contribution in [2.75, 3.05) is 19.8 Å². The van der Waals surface area contributed by atoms with Gasteiger partial charge in [-0.05, 0) is 61.2 Å². The molecule has 1 saturated heterocycles.